The summed E-state index contributed by atoms with van der Waals surface area (Å²) in [6.07, 6.45) is 4.63. The Balaban J connectivity index is 1.50. The van der Waals surface area contributed by atoms with E-state index < -0.39 is 0 Å². The molecule has 0 unspecified atom stereocenters. The quantitative estimate of drug-likeness (QED) is 0.378. The van der Waals surface area contributed by atoms with E-state index >= 15 is 0 Å². The number of H-pyrrole nitrogens is 1. The molecule has 5 rings (SSSR count). The van der Waals surface area contributed by atoms with Crippen LogP contribution in [0.25, 0.3) is 33.4 Å². The average molecular weight is 477 g/mol. The Kier molecular flexibility index (Phi) is 6.42. The van der Waals surface area contributed by atoms with Gasteiger partial charge in [0.2, 0.25) is 0 Å². The first-order valence-electron chi connectivity index (χ1n) is 11.3. The van der Waals surface area contributed by atoms with Crippen molar-refractivity contribution >= 4 is 34.2 Å². The second kappa shape index (κ2) is 9.79. The lowest BCUT2D eigenvalue weighted by molar-refractivity contribution is 0.0636. The number of benzene rings is 2. The van der Waals surface area contributed by atoms with Crippen molar-refractivity contribution in [3.05, 3.63) is 59.4 Å². The molecule has 0 bridgehead atoms. The molecule has 3 heterocycles. The number of hydrogen-bond acceptors (Lipinski definition) is 6. The largest absolute Gasteiger partial charge is 0.382 e. The molecule has 2 aromatic heterocycles. The number of carbonyl (C=O) groups is 1. The number of nitrogen functional groups attached to an aromatic ring is 1. The number of aromatic nitrogens is 4. The molecule has 1 amide bonds. The molecular formula is C25H25ClN6O2. The molecule has 1 saturated heterocycles. The van der Waals surface area contributed by atoms with Crippen molar-refractivity contribution in [2.75, 3.05) is 25.5 Å². The second-order valence-electron chi connectivity index (χ2n) is 8.41. The topological polar surface area (TPSA) is 119 Å². The van der Waals surface area contributed by atoms with E-state index in [1.165, 1.54) is 0 Å². The van der Waals surface area contributed by atoms with Crippen molar-refractivity contribution in [1.29, 1.82) is 0 Å². The molecule has 2 aromatic carbocycles. The van der Waals surface area contributed by atoms with E-state index in [1.807, 2.05) is 36.4 Å². The van der Waals surface area contributed by atoms with E-state index in [1.54, 1.807) is 12.3 Å². The zero-order chi connectivity index (χ0) is 23.5. The molecule has 4 aromatic rings. The number of aromatic amines is 1. The molecule has 1 fully saturated rings. The summed E-state index contributed by atoms with van der Waals surface area (Å²) in [6.45, 7) is 2.11. The Labute approximate surface area is 201 Å². The van der Waals surface area contributed by atoms with Gasteiger partial charge in [0.15, 0.2) is 11.5 Å². The number of rotatable bonds is 6. The van der Waals surface area contributed by atoms with Crippen molar-refractivity contribution in [3.8, 4) is 22.5 Å². The minimum absolute atomic E-state index is 0.0849. The summed E-state index contributed by atoms with van der Waals surface area (Å²) in [5, 5.41) is 11.3. The zero-order valence-electron chi connectivity index (χ0n) is 18.6. The highest BCUT2D eigenvalue weighted by atomic mass is 35.5. The highest BCUT2D eigenvalue weighted by Crippen LogP contribution is 2.34. The van der Waals surface area contributed by atoms with Crippen LogP contribution in [0.5, 0.6) is 0 Å². The summed E-state index contributed by atoms with van der Waals surface area (Å²) >= 11 is 6.50. The molecule has 8 nitrogen and oxygen atoms in total. The molecule has 1 aliphatic heterocycles. The number of halogens is 1. The van der Waals surface area contributed by atoms with Gasteiger partial charge in [-0.25, -0.2) is 9.97 Å². The summed E-state index contributed by atoms with van der Waals surface area (Å²) in [4.78, 5) is 22.3. The summed E-state index contributed by atoms with van der Waals surface area (Å²) in [7, 11) is 0. The van der Waals surface area contributed by atoms with Crippen molar-refractivity contribution in [3.63, 3.8) is 0 Å². The Hall–Kier alpha value is -3.49. The molecule has 174 valence electrons. The van der Waals surface area contributed by atoms with Crippen molar-refractivity contribution in [1.82, 2.24) is 25.5 Å². The van der Waals surface area contributed by atoms with Gasteiger partial charge in [0.25, 0.3) is 5.91 Å². The lowest BCUT2D eigenvalue weighted by Crippen LogP contribution is -2.29. The molecule has 9 heteroatoms. The number of ether oxygens (including phenoxy) is 1. The van der Waals surface area contributed by atoms with E-state index in [4.69, 9.17) is 27.1 Å². The number of nitrogens with two attached hydrogens (primary N) is 1. The lowest BCUT2D eigenvalue weighted by Gasteiger charge is -2.21. The summed E-state index contributed by atoms with van der Waals surface area (Å²) in [5.74, 6) is 0.299. The molecular weight excluding hydrogens is 452 g/mol. The lowest BCUT2D eigenvalue weighted by atomic mass is 9.97. The van der Waals surface area contributed by atoms with Gasteiger partial charge in [-0.1, -0.05) is 41.9 Å². The molecule has 1 aliphatic rings. The van der Waals surface area contributed by atoms with Crippen LogP contribution in [0.1, 0.15) is 29.8 Å². The summed E-state index contributed by atoms with van der Waals surface area (Å²) < 4.78 is 5.41. The molecule has 4 N–H and O–H groups in total. The summed E-state index contributed by atoms with van der Waals surface area (Å²) in [5.41, 5.74) is 9.74. The highest BCUT2D eigenvalue weighted by molar-refractivity contribution is 6.35. The Morgan fingerprint density at radius 3 is 2.68 bits per heavy atom. The Morgan fingerprint density at radius 2 is 1.88 bits per heavy atom. The van der Waals surface area contributed by atoms with Crippen LogP contribution in [0.3, 0.4) is 0 Å². The molecule has 0 atom stereocenters. The normalized spacial score (nSPS) is 14.4. The van der Waals surface area contributed by atoms with E-state index in [2.05, 4.69) is 20.5 Å². The number of fused-ring (bicyclic) bond motifs is 1. The molecule has 0 aliphatic carbocycles. The van der Waals surface area contributed by atoms with Crippen LogP contribution in [0, 0.1) is 5.92 Å². The molecule has 34 heavy (non-hydrogen) atoms. The number of hydrogen-bond donors (Lipinski definition) is 3. The molecule has 0 spiro atoms. The maximum Gasteiger partial charge on any atom is 0.273 e. The van der Waals surface area contributed by atoms with E-state index in [-0.39, 0.29) is 17.4 Å². The first kappa shape index (κ1) is 22.3. The number of nitrogens with one attached hydrogen (secondary N) is 2. The van der Waals surface area contributed by atoms with Gasteiger partial charge in [-0.05, 0) is 37.3 Å². The van der Waals surface area contributed by atoms with Gasteiger partial charge >= 0.3 is 0 Å². The van der Waals surface area contributed by atoms with Crippen LogP contribution >= 0.6 is 11.6 Å². The van der Waals surface area contributed by atoms with Gasteiger partial charge in [-0.2, -0.15) is 5.10 Å². The third-order valence-corrected chi connectivity index (χ3v) is 6.44. The smallest absolute Gasteiger partial charge is 0.273 e. The number of anilines is 1. The third kappa shape index (κ3) is 4.60. The standard InChI is InChI=1S/C25H25ClN6O2/c26-19-13-17(12-18-14-29-32-20(18)19)22-21(16-4-2-1-3-5-16)31-24(27)23(30-22)25(33)28-9-6-15-7-10-34-11-8-15/h1-5,12-15H,6-11H2,(H2,27,31)(H,28,33)(H,29,32). The third-order valence-electron chi connectivity index (χ3n) is 6.14. The first-order valence-corrected chi connectivity index (χ1v) is 11.7. The van der Waals surface area contributed by atoms with E-state index in [0.29, 0.717) is 28.9 Å². The maximum absolute atomic E-state index is 13.0. The average Bonchev–Trinajstić information content (AvgIpc) is 3.34. The Bertz CT molecular complexity index is 1320. The van der Waals surface area contributed by atoms with E-state index in [0.717, 1.165) is 54.5 Å². The predicted octanol–water partition coefficient (Wildman–Crippen LogP) is 4.47. The van der Waals surface area contributed by atoms with Crippen LogP contribution < -0.4 is 11.1 Å². The maximum atomic E-state index is 13.0. The van der Waals surface area contributed by atoms with Gasteiger partial charge < -0.3 is 15.8 Å². The molecule has 0 radical (unpaired) electrons. The fraction of sp³-hybridized carbons (Fsp3) is 0.280. The minimum Gasteiger partial charge on any atom is -0.382 e. The number of amides is 1. The van der Waals surface area contributed by atoms with Crippen LogP contribution in [0.2, 0.25) is 5.02 Å². The van der Waals surface area contributed by atoms with Gasteiger partial charge in [-0.3, -0.25) is 9.89 Å². The van der Waals surface area contributed by atoms with Crippen molar-refractivity contribution < 1.29 is 9.53 Å². The van der Waals surface area contributed by atoms with Crippen LogP contribution in [0.4, 0.5) is 5.82 Å². The zero-order valence-corrected chi connectivity index (χ0v) is 19.3. The Morgan fingerprint density at radius 1 is 1.12 bits per heavy atom. The van der Waals surface area contributed by atoms with Gasteiger partial charge in [0.05, 0.1) is 28.1 Å². The SMILES string of the molecule is Nc1nc(-c2ccccc2)c(-c2cc(Cl)c3[nH]ncc3c2)nc1C(=O)NCCC1CCOCC1. The van der Waals surface area contributed by atoms with Crippen LogP contribution in [-0.2, 0) is 4.74 Å². The van der Waals surface area contributed by atoms with Crippen LogP contribution in [-0.4, -0.2) is 45.8 Å². The predicted molar refractivity (Wildman–Crippen MR) is 132 cm³/mol. The van der Waals surface area contributed by atoms with Gasteiger partial charge in [-0.15, -0.1) is 0 Å². The van der Waals surface area contributed by atoms with E-state index in [9.17, 15) is 4.79 Å². The van der Waals surface area contributed by atoms with Crippen molar-refractivity contribution in [2.45, 2.75) is 19.3 Å². The second-order valence-corrected chi connectivity index (χ2v) is 8.82. The highest BCUT2D eigenvalue weighted by Gasteiger charge is 2.21. The van der Waals surface area contributed by atoms with Crippen molar-refractivity contribution in [2.24, 2.45) is 5.92 Å². The fourth-order valence-electron chi connectivity index (χ4n) is 4.27. The summed E-state index contributed by atoms with van der Waals surface area (Å²) in [6, 6.07) is 13.3. The fourth-order valence-corrected chi connectivity index (χ4v) is 4.54. The number of nitrogens with zero attached hydrogens (tertiary/aromatic N) is 3. The monoisotopic (exact) mass is 476 g/mol. The number of carbonyl (C=O) groups excluding carboxylic acids is 1. The van der Waals surface area contributed by atoms with Gasteiger partial charge in [0.1, 0.15) is 0 Å². The van der Waals surface area contributed by atoms with Crippen LogP contribution in [0.15, 0.2) is 48.7 Å². The molecule has 0 saturated carbocycles. The minimum atomic E-state index is -0.339. The first-order chi connectivity index (χ1) is 16.6. The van der Waals surface area contributed by atoms with Gasteiger partial charge in [0, 0.05) is 36.3 Å².